The van der Waals surface area contributed by atoms with Gasteiger partial charge in [0, 0.05) is 10.8 Å². The summed E-state index contributed by atoms with van der Waals surface area (Å²) in [4.78, 5) is 1.00. The second-order valence-electron chi connectivity index (χ2n) is 2.86. The van der Waals surface area contributed by atoms with Crippen LogP contribution in [0.1, 0.15) is 17.8 Å². The number of thiophene rings is 1. The average molecular weight is 254 g/mol. The Balaban J connectivity index is 2.61. The highest BCUT2D eigenvalue weighted by atomic mass is 35.5. The van der Waals surface area contributed by atoms with Crippen LogP contribution in [0.2, 0.25) is 0 Å². The van der Waals surface area contributed by atoms with E-state index in [0.717, 1.165) is 4.88 Å². The minimum Gasteiger partial charge on any atom is -0.212 e. The van der Waals surface area contributed by atoms with Crippen LogP contribution < -0.4 is 4.72 Å². The van der Waals surface area contributed by atoms with Crippen molar-refractivity contribution in [3.63, 3.8) is 0 Å². The first kappa shape index (κ1) is 12.0. The summed E-state index contributed by atoms with van der Waals surface area (Å²) in [7, 11) is -3.23. The Morgan fingerprint density at radius 1 is 1.64 bits per heavy atom. The molecule has 0 unspecified atom stereocenters. The third-order valence-electron chi connectivity index (χ3n) is 1.67. The van der Waals surface area contributed by atoms with E-state index < -0.39 is 10.0 Å². The molecular formula is C8H12ClNO2S2. The quantitative estimate of drug-likeness (QED) is 0.816. The van der Waals surface area contributed by atoms with E-state index in [2.05, 4.69) is 4.72 Å². The van der Waals surface area contributed by atoms with Gasteiger partial charge < -0.3 is 0 Å². The van der Waals surface area contributed by atoms with E-state index in [9.17, 15) is 8.42 Å². The first-order valence-electron chi connectivity index (χ1n) is 4.14. The van der Waals surface area contributed by atoms with Crippen LogP contribution in [0.5, 0.6) is 0 Å². The molecule has 1 atom stereocenters. The molecule has 0 aliphatic carbocycles. The van der Waals surface area contributed by atoms with Crippen molar-refractivity contribution in [2.24, 2.45) is 0 Å². The van der Waals surface area contributed by atoms with Crippen LogP contribution in [0.15, 0.2) is 17.5 Å². The van der Waals surface area contributed by atoms with Crippen molar-refractivity contribution in [2.45, 2.75) is 13.0 Å². The van der Waals surface area contributed by atoms with Crippen molar-refractivity contribution in [3.05, 3.63) is 22.4 Å². The molecule has 1 rings (SSSR count). The number of hydrogen-bond acceptors (Lipinski definition) is 3. The number of alkyl halides is 1. The summed E-state index contributed by atoms with van der Waals surface area (Å²) in [6.45, 7) is 1.82. The van der Waals surface area contributed by atoms with Crippen LogP contribution in [0.25, 0.3) is 0 Å². The predicted octanol–water partition coefficient (Wildman–Crippen LogP) is 1.97. The molecule has 0 aliphatic heterocycles. The molecule has 1 aromatic heterocycles. The van der Waals surface area contributed by atoms with Gasteiger partial charge in [-0.05, 0) is 18.4 Å². The third kappa shape index (κ3) is 3.57. The fraction of sp³-hybridized carbons (Fsp3) is 0.500. The van der Waals surface area contributed by atoms with Gasteiger partial charge in [0.2, 0.25) is 10.0 Å². The zero-order valence-electron chi connectivity index (χ0n) is 7.73. The lowest BCUT2D eigenvalue weighted by molar-refractivity contribution is 0.570. The molecule has 0 saturated carbocycles. The molecule has 14 heavy (non-hydrogen) atoms. The molecule has 3 nitrogen and oxygen atoms in total. The van der Waals surface area contributed by atoms with Gasteiger partial charge in [-0.25, -0.2) is 13.1 Å². The largest absolute Gasteiger partial charge is 0.213 e. The van der Waals surface area contributed by atoms with Crippen LogP contribution in [-0.2, 0) is 10.0 Å². The van der Waals surface area contributed by atoms with E-state index in [1.807, 2.05) is 24.4 Å². The van der Waals surface area contributed by atoms with Crippen molar-refractivity contribution in [2.75, 3.05) is 11.6 Å². The molecule has 0 aliphatic rings. The number of nitrogens with one attached hydrogen (secondary N) is 1. The molecule has 0 fully saturated rings. The first-order chi connectivity index (χ1) is 6.55. The zero-order chi connectivity index (χ0) is 10.6. The second kappa shape index (κ2) is 5.11. The highest BCUT2D eigenvalue weighted by Gasteiger charge is 2.15. The molecule has 0 amide bonds. The van der Waals surface area contributed by atoms with Crippen LogP contribution in [0, 0.1) is 0 Å². The van der Waals surface area contributed by atoms with Crippen molar-refractivity contribution in [1.82, 2.24) is 4.72 Å². The predicted molar refractivity (Wildman–Crippen MR) is 60.4 cm³/mol. The summed E-state index contributed by atoms with van der Waals surface area (Å²) >= 11 is 6.91. The lowest BCUT2D eigenvalue weighted by Crippen LogP contribution is -2.29. The van der Waals surface area contributed by atoms with E-state index >= 15 is 0 Å². The third-order valence-corrected chi connectivity index (χ3v) is 4.59. The van der Waals surface area contributed by atoms with Gasteiger partial charge in [0.05, 0.1) is 11.8 Å². The Kier molecular flexibility index (Phi) is 4.37. The summed E-state index contributed by atoms with van der Waals surface area (Å²) in [6.07, 6.45) is 0. The highest BCUT2D eigenvalue weighted by molar-refractivity contribution is 7.89. The van der Waals surface area contributed by atoms with Crippen molar-refractivity contribution in [3.8, 4) is 0 Å². The van der Waals surface area contributed by atoms with Crippen molar-refractivity contribution >= 4 is 33.0 Å². The lowest BCUT2D eigenvalue weighted by atomic mass is 10.3. The first-order valence-corrected chi connectivity index (χ1v) is 7.21. The van der Waals surface area contributed by atoms with Crippen LogP contribution in [0.3, 0.4) is 0 Å². The topological polar surface area (TPSA) is 46.2 Å². The number of halogens is 1. The van der Waals surface area contributed by atoms with Crippen LogP contribution >= 0.6 is 22.9 Å². The Morgan fingerprint density at radius 2 is 2.36 bits per heavy atom. The summed E-state index contributed by atoms with van der Waals surface area (Å²) in [5.41, 5.74) is 0. The maximum atomic E-state index is 11.3. The number of sulfonamides is 1. The minimum atomic E-state index is -3.23. The molecular weight excluding hydrogens is 242 g/mol. The van der Waals surface area contributed by atoms with E-state index in [-0.39, 0.29) is 17.7 Å². The molecule has 0 aromatic carbocycles. The van der Waals surface area contributed by atoms with Gasteiger partial charge in [-0.15, -0.1) is 22.9 Å². The normalized spacial score (nSPS) is 14.1. The zero-order valence-corrected chi connectivity index (χ0v) is 10.1. The molecule has 1 heterocycles. The molecule has 6 heteroatoms. The van der Waals surface area contributed by atoms with E-state index in [1.165, 1.54) is 11.3 Å². The fourth-order valence-electron chi connectivity index (χ4n) is 1.03. The summed E-state index contributed by atoms with van der Waals surface area (Å²) in [6, 6.07) is 3.62. The van der Waals surface area contributed by atoms with Crippen LogP contribution in [0.4, 0.5) is 0 Å². The smallest absolute Gasteiger partial charge is 0.212 e. The molecule has 0 saturated heterocycles. The molecule has 0 radical (unpaired) electrons. The van der Waals surface area contributed by atoms with Gasteiger partial charge >= 0.3 is 0 Å². The van der Waals surface area contributed by atoms with Gasteiger partial charge in [0.25, 0.3) is 0 Å². The average Bonchev–Trinajstić information content (AvgIpc) is 2.53. The van der Waals surface area contributed by atoms with Crippen molar-refractivity contribution < 1.29 is 8.42 Å². The summed E-state index contributed by atoms with van der Waals surface area (Å²) < 4.78 is 25.2. The highest BCUT2D eigenvalue weighted by Crippen LogP contribution is 2.18. The standard InChI is InChI=1S/C8H12ClNO2S2/c1-7(8-3-2-5-13-8)10-14(11,12)6-4-9/h2-3,5,7,10H,4,6H2,1H3/t7-/m0/s1. The molecule has 1 aromatic rings. The Bertz CT molecular complexity index is 361. The second-order valence-corrected chi connectivity index (χ2v) is 6.09. The maximum absolute atomic E-state index is 11.3. The van der Waals surface area contributed by atoms with Gasteiger partial charge in [-0.2, -0.15) is 0 Å². The molecule has 1 N–H and O–H groups in total. The SMILES string of the molecule is C[C@H](NS(=O)(=O)CCCl)c1cccs1. The number of hydrogen-bond donors (Lipinski definition) is 1. The Hall–Kier alpha value is -0.100. The Labute approximate surface area is 93.1 Å². The van der Waals surface area contributed by atoms with E-state index in [1.54, 1.807) is 0 Å². The maximum Gasteiger partial charge on any atom is 0.213 e. The summed E-state index contributed by atoms with van der Waals surface area (Å²) in [5.74, 6) is 0.0801. The number of rotatable bonds is 5. The molecule has 80 valence electrons. The lowest BCUT2D eigenvalue weighted by Gasteiger charge is -2.11. The fourth-order valence-corrected chi connectivity index (χ4v) is 3.43. The van der Waals surface area contributed by atoms with Gasteiger partial charge in [0.15, 0.2) is 0 Å². The van der Waals surface area contributed by atoms with Gasteiger partial charge in [0.1, 0.15) is 0 Å². The van der Waals surface area contributed by atoms with Gasteiger partial charge in [-0.3, -0.25) is 0 Å². The minimum absolute atomic E-state index is 0.0374. The van der Waals surface area contributed by atoms with E-state index in [4.69, 9.17) is 11.6 Å². The molecule has 0 bridgehead atoms. The Morgan fingerprint density at radius 3 is 2.86 bits per heavy atom. The van der Waals surface area contributed by atoms with Crippen molar-refractivity contribution in [1.29, 1.82) is 0 Å². The monoisotopic (exact) mass is 253 g/mol. The van der Waals surface area contributed by atoms with Gasteiger partial charge in [-0.1, -0.05) is 6.07 Å². The molecule has 0 spiro atoms. The van der Waals surface area contributed by atoms with Crippen LogP contribution in [-0.4, -0.2) is 20.1 Å². The summed E-state index contributed by atoms with van der Waals surface area (Å²) in [5, 5.41) is 1.92. The van der Waals surface area contributed by atoms with E-state index in [0.29, 0.717) is 0 Å².